The van der Waals surface area contributed by atoms with Gasteiger partial charge in [0.05, 0.1) is 0 Å². The first-order chi connectivity index (χ1) is 7.91. The molecule has 1 aliphatic rings. The Hall–Kier alpha value is -1.10. The molecule has 0 atom stereocenters. The summed E-state index contributed by atoms with van der Waals surface area (Å²) in [5.74, 6) is 0.486. The van der Waals surface area contributed by atoms with Gasteiger partial charge in [0.1, 0.15) is 10.7 Å². The third-order valence-corrected chi connectivity index (χ3v) is 4.43. The van der Waals surface area contributed by atoms with Crippen molar-refractivity contribution in [2.75, 3.05) is 11.6 Å². The van der Waals surface area contributed by atoms with Crippen molar-refractivity contribution in [2.24, 2.45) is 0 Å². The van der Waals surface area contributed by atoms with Crippen LogP contribution in [-0.2, 0) is 9.84 Å². The average molecular weight is 254 g/mol. The highest BCUT2D eigenvalue weighted by Crippen LogP contribution is 2.33. The molecule has 94 valence electrons. The number of sulfone groups is 1. The van der Waals surface area contributed by atoms with Crippen LogP contribution in [0.1, 0.15) is 32.6 Å². The maximum Gasteiger partial charge on any atom is 0.179 e. The van der Waals surface area contributed by atoms with Crippen molar-refractivity contribution in [1.82, 2.24) is 4.98 Å². The highest BCUT2D eigenvalue weighted by Gasteiger charge is 2.30. The third-order valence-electron chi connectivity index (χ3n) is 3.30. The maximum absolute atomic E-state index is 11.7. The van der Waals surface area contributed by atoms with Crippen LogP contribution >= 0.6 is 0 Å². The van der Waals surface area contributed by atoms with Crippen molar-refractivity contribution in [2.45, 2.75) is 43.0 Å². The van der Waals surface area contributed by atoms with E-state index >= 15 is 0 Å². The van der Waals surface area contributed by atoms with E-state index in [2.05, 4.69) is 17.2 Å². The molecule has 0 amide bonds. The van der Waals surface area contributed by atoms with Gasteiger partial charge in [-0.15, -0.1) is 0 Å². The molecule has 0 aliphatic heterocycles. The molecule has 0 saturated heterocycles. The number of nitrogens with zero attached hydrogens (tertiary/aromatic N) is 1. The molecule has 0 radical (unpaired) electrons. The molecule has 0 bridgehead atoms. The minimum atomic E-state index is -3.23. The molecule has 1 heterocycles. The summed E-state index contributed by atoms with van der Waals surface area (Å²) in [6, 6.07) is 3.25. The van der Waals surface area contributed by atoms with Gasteiger partial charge in [0, 0.05) is 18.0 Å². The van der Waals surface area contributed by atoms with Gasteiger partial charge >= 0.3 is 0 Å². The number of aromatic nitrogens is 1. The second-order valence-electron chi connectivity index (χ2n) is 5.02. The highest BCUT2D eigenvalue weighted by molar-refractivity contribution is 7.90. The molecule has 1 fully saturated rings. The summed E-state index contributed by atoms with van der Waals surface area (Å²) in [6.45, 7) is 2.13. The lowest BCUT2D eigenvalue weighted by Crippen LogP contribution is -2.32. The smallest absolute Gasteiger partial charge is 0.179 e. The van der Waals surface area contributed by atoms with E-state index in [1.54, 1.807) is 18.3 Å². The predicted molar refractivity (Wildman–Crippen MR) is 67.8 cm³/mol. The van der Waals surface area contributed by atoms with Crippen molar-refractivity contribution in [1.29, 1.82) is 0 Å². The van der Waals surface area contributed by atoms with Crippen molar-refractivity contribution < 1.29 is 8.42 Å². The van der Waals surface area contributed by atoms with Gasteiger partial charge in [-0.3, -0.25) is 0 Å². The van der Waals surface area contributed by atoms with Crippen LogP contribution < -0.4 is 5.32 Å². The number of nitrogens with one attached hydrogen (secondary N) is 1. The number of rotatable bonds is 3. The van der Waals surface area contributed by atoms with Crippen LogP contribution in [0.5, 0.6) is 0 Å². The Morgan fingerprint density at radius 2 is 2.00 bits per heavy atom. The Kier molecular flexibility index (Phi) is 3.12. The quantitative estimate of drug-likeness (QED) is 0.898. The minimum absolute atomic E-state index is 0.0200. The van der Waals surface area contributed by atoms with Gasteiger partial charge in [-0.05, 0) is 31.9 Å². The number of pyridine rings is 1. The van der Waals surface area contributed by atoms with Crippen LogP contribution in [-0.4, -0.2) is 25.2 Å². The fraction of sp³-hybridized carbons (Fsp3) is 0.583. The largest absolute Gasteiger partial charge is 0.364 e. The summed E-state index contributed by atoms with van der Waals surface area (Å²) in [6.07, 6.45) is 7.33. The van der Waals surface area contributed by atoms with Gasteiger partial charge in [0.25, 0.3) is 0 Å². The third kappa shape index (κ3) is 2.77. The van der Waals surface area contributed by atoms with Crippen LogP contribution in [0.15, 0.2) is 23.2 Å². The Bertz CT molecular complexity index is 505. The Morgan fingerprint density at radius 3 is 2.59 bits per heavy atom. The van der Waals surface area contributed by atoms with E-state index in [9.17, 15) is 8.42 Å². The van der Waals surface area contributed by atoms with Crippen LogP contribution in [0.4, 0.5) is 5.82 Å². The molecule has 1 saturated carbocycles. The normalized spacial score (nSPS) is 19.2. The summed E-state index contributed by atoms with van der Waals surface area (Å²) in [7, 11) is -3.23. The molecule has 4 nitrogen and oxygen atoms in total. The van der Waals surface area contributed by atoms with Crippen LogP contribution in [0.25, 0.3) is 0 Å². The first-order valence-corrected chi connectivity index (χ1v) is 7.73. The van der Waals surface area contributed by atoms with Gasteiger partial charge in [-0.25, -0.2) is 13.4 Å². The zero-order valence-electron chi connectivity index (χ0n) is 10.2. The number of hydrogen-bond donors (Lipinski definition) is 1. The van der Waals surface area contributed by atoms with E-state index in [0.717, 1.165) is 12.8 Å². The lowest BCUT2D eigenvalue weighted by Gasteiger charge is -2.26. The van der Waals surface area contributed by atoms with Crippen LogP contribution in [0, 0.1) is 0 Å². The molecule has 5 heteroatoms. The van der Waals surface area contributed by atoms with E-state index < -0.39 is 9.84 Å². The molecule has 1 aromatic rings. The average Bonchev–Trinajstić information content (AvgIpc) is 2.64. The molecule has 0 unspecified atom stereocenters. The van der Waals surface area contributed by atoms with Gasteiger partial charge in [-0.2, -0.15) is 0 Å². The van der Waals surface area contributed by atoms with E-state index in [1.165, 1.54) is 19.1 Å². The van der Waals surface area contributed by atoms with Gasteiger partial charge in [0.2, 0.25) is 0 Å². The van der Waals surface area contributed by atoms with Crippen molar-refractivity contribution in [3.8, 4) is 0 Å². The second kappa shape index (κ2) is 4.29. The molecule has 1 aromatic heterocycles. The molecule has 0 spiro atoms. The lowest BCUT2D eigenvalue weighted by molar-refractivity contribution is 0.528. The summed E-state index contributed by atoms with van der Waals surface area (Å²) < 4.78 is 23.3. The summed E-state index contributed by atoms with van der Waals surface area (Å²) in [4.78, 5) is 4.45. The zero-order valence-corrected chi connectivity index (χ0v) is 11.0. The Labute approximate surface area is 102 Å². The standard InChI is InChI=1S/C12H18N2O2S/c1-12(7-3-4-8-12)14-11-10(17(2,15)16)6-5-9-13-11/h5-6,9H,3-4,7-8H2,1-2H3,(H,13,14). The van der Waals surface area contributed by atoms with E-state index in [-0.39, 0.29) is 10.4 Å². The van der Waals surface area contributed by atoms with Crippen molar-refractivity contribution in [3.05, 3.63) is 18.3 Å². The van der Waals surface area contributed by atoms with Gasteiger partial charge < -0.3 is 5.32 Å². The SMILES string of the molecule is CC1(Nc2ncccc2S(C)(=O)=O)CCCC1. The molecule has 17 heavy (non-hydrogen) atoms. The maximum atomic E-state index is 11.7. The first-order valence-electron chi connectivity index (χ1n) is 5.84. The molecular weight excluding hydrogens is 236 g/mol. The topological polar surface area (TPSA) is 59.1 Å². The summed E-state index contributed by atoms with van der Waals surface area (Å²) in [5.41, 5.74) is -0.0200. The van der Waals surface area contributed by atoms with Crippen LogP contribution in [0.3, 0.4) is 0 Å². The fourth-order valence-electron chi connectivity index (χ4n) is 2.35. The van der Waals surface area contributed by atoms with Crippen molar-refractivity contribution in [3.63, 3.8) is 0 Å². The highest BCUT2D eigenvalue weighted by atomic mass is 32.2. The van der Waals surface area contributed by atoms with E-state index in [0.29, 0.717) is 5.82 Å². The number of anilines is 1. The molecule has 1 N–H and O–H groups in total. The molecule has 0 aromatic carbocycles. The first kappa shape index (κ1) is 12.4. The molecular formula is C12H18N2O2S. The summed E-state index contributed by atoms with van der Waals surface area (Å²) in [5, 5.41) is 3.30. The Balaban J connectivity index is 2.33. The van der Waals surface area contributed by atoms with E-state index in [1.807, 2.05) is 0 Å². The number of hydrogen-bond acceptors (Lipinski definition) is 4. The van der Waals surface area contributed by atoms with E-state index in [4.69, 9.17) is 0 Å². The lowest BCUT2D eigenvalue weighted by atomic mass is 10.0. The predicted octanol–water partition coefficient (Wildman–Crippen LogP) is 2.23. The second-order valence-corrected chi connectivity index (χ2v) is 7.00. The molecule has 2 rings (SSSR count). The molecule has 1 aliphatic carbocycles. The van der Waals surface area contributed by atoms with Gasteiger partial charge in [0.15, 0.2) is 9.84 Å². The Morgan fingerprint density at radius 1 is 1.35 bits per heavy atom. The van der Waals surface area contributed by atoms with Gasteiger partial charge in [-0.1, -0.05) is 12.8 Å². The minimum Gasteiger partial charge on any atom is -0.364 e. The van der Waals surface area contributed by atoms with Crippen molar-refractivity contribution >= 4 is 15.7 Å². The monoisotopic (exact) mass is 254 g/mol. The fourth-order valence-corrected chi connectivity index (χ4v) is 3.13. The van der Waals surface area contributed by atoms with Crippen LogP contribution in [0.2, 0.25) is 0 Å². The zero-order chi connectivity index (χ0) is 12.5. The summed E-state index contributed by atoms with van der Waals surface area (Å²) >= 11 is 0.